The summed E-state index contributed by atoms with van der Waals surface area (Å²) >= 11 is 3.31. The van der Waals surface area contributed by atoms with Gasteiger partial charge in [-0.05, 0) is 43.6 Å². The molecule has 1 heterocycles. The highest BCUT2D eigenvalue weighted by atomic mass is 79.9. The molecule has 0 aliphatic rings. The fourth-order valence-corrected chi connectivity index (χ4v) is 2.57. The molecule has 1 aromatic rings. The van der Waals surface area contributed by atoms with Gasteiger partial charge in [-0.2, -0.15) is 5.10 Å². The molecule has 0 radical (unpaired) electrons. The molecule has 108 valence electrons. The lowest BCUT2D eigenvalue weighted by Gasteiger charge is -2.30. The van der Waals surface area contributed by atoms with Crippen molar-refractivity contribution in [3.63, 3.8) is 0 Å². The van der Waals surface area contributed by atoms with Gasteiger partial charge < -0.3 is 5.32 Å². The normalized spacial score (nSPS) is 11.6. The van der Waals surface area contributed by atoms with E-state index in [0.717, 1.165) is 18.8 Å². The summed E-state index contributed by atoms with van der Waals surface area (Å²) in [6.45, 7) is 10.5. The van der Waals surface area contributed by atoms with Crippen molar-refractivity contribution in [3.8, 4) is 0 Å². The molecular formula is C13H23BrN4O. The maximum atomic E-state index is 11.7. The number of nitrogens with one attached hydrogen (secondary N) is 1. The van der Waals surface area contributed by atoms with Crippen molar-refractivity contribution < 1.29 is 0 Å². The quantitative estimate of drug-likeness (QED) is 0.867. The lowest BCUT2D eigenvalue weighted by molar-refractivity contribution is 0.182. The highest BCUT2D eigenvalue weighted by molar-refractivity contribution is 9.10. The average molecular weight is 331 g/mol. The number of halogens is 1. The molecule has 0 atom stereocenters. The van der Waals surface area contributed by atoms with Gasteiger partial charge in [0.25, 0.3) is 5.56 Å². The van der Waals surface area contributed by atoms with Gasteiger partial charge in [-0.15, -0.1) is 0 Å². The third kappa shape index (κ3) is 4.31. The van der Waals surface area contributed by atoms with Crippen molar-refractivity contribution >= 4 is 21.6 Å². The van der Waals surface area contributed by atoms with E-state index in [1.165, 1.54) is 4.68 Å². The molecule has 0 spiro atoms. The minimum absolute atomic E-state index is 0.130. The first-order chi connectivity index (χ1) is 8.84. The van der Waals surface area contributed by atoms with E-state index in [0.29, 0.717) is 16.6 Å². The first-order valence-electron chi connectivity index (χ1n) is 6.56. The van der Waals surface area contributed by atoms with Crippen molar-refractivity contribution in [3.05, 3.63) is 21.0 Å². The van der Waals surface area contributed by atoms with Crippen LogP contribution in [0.2, 0.25) is 0 Å². The Kier molecular flexibility index (Phi) is 6.00. The molecule has 0 aromatic carbocycles. The molecule has 5 nitrogen and oxygen atoms in total. The number of rotatable bonds is 6. The molecule has 1 rings (SSSR count). The van der Waals surface area contributed by atoms with Crippen LogP contribution in [0.1, 0.15) is 27.7 Å². The highest BCUT2D eigenvalue weighted by Crippen LogP contribution is 2.15. The van der Waals surface area contributed by atoms with Gasteiger partial charge in [0, 0.05) is 32.2 Å². The van der Waals surface area contributed by atoms with E-state index in [-0.39, 0.29) is 5.56 Å². The second-order valence-corrected chi connectivity index (χ2v) is 5.95. The van der Waals surface area contributed by atoms with E-state index in [2.05, 4.69) is 58.9 Å². The number of anilines is 1. The number of nitrogens with zero attached hydrogens (tertiary/aromatic N) is 3. The summed E-state index contributed by atoms with van der Waals surface area (Å²) in [6, 6.07) is 1.01. The van der Waals surface area contributed by atoms with Crippen LogP contribution in [0.4, 0.5) is 5.69 Å². The van der Waals surface area contributed by atoms with Crippen LogP contribution in [0, 0.1) is 0 Å². The Bertz CT molecular complexity index is 462. The van der Waals surface area contributed by atoms with E-state index < -0.39 is 0 Å². The Balaban J connectivity index is 2.63. The predicted molar refractivity (Wildman–Crippen MR) is 82.6 cm³/mol. The van der Waals surface area contributed by atoms with Crippen molar-refractivity contribution in [2.24, 2.45) is 7.05 Å². The van der Waals surface area contributed by atoms with Crippen LogP contribution in [0.3, 0.4) is 0 Å². The summed E-state index contributed by atoms with van der Waals surface area (Å²) < 4.78 is 1.84. The second kappa shape index (κ2) is 7.05. The first kappa shape index (κ1) is 16.2. The Morgan fingerprint density at radius 3 is 2.47 bits per heavy atom. The molecule has 6 heteroatoms. The topological polar surface area (TPSA) is 50.2 Å². The lowest BCUT2D eigenvalue weighted by Crippen LogP contribution is -2.40. The Morgan fingerprint density at radius 2 is 1.95 bits per heavy atom. The summed E-state index contributed by atoms with van der Waals surface area (Å²) in [5.41, 5.74) is 0.616. The maximum Gasteiger partial charge on any atom is 0.282 e. The fraction of sp³-hybridized carbons (Fsp3) is 0.692. The molecule has 0 saturated carbocycles. The molecule has 0 bridgehead atoms. The summed E-state index contributed by atoms with van der Waals surface area (Å²) in [6.07, 6.45) is 1.67. The molecular weight excluding hydrogens is 308 g/mol. The van der Waals surface area contributed by atoms with Crippen LogP contribution in [0.15, 0.2) is 15.5 Å². The Morgan fingerprint density at radius 1 is 1.37 bits per heavy atom. The van der Waals surface area contributed by atoms with E-state index in [1.807, 2.05) is 0 Å². The maximum absolute atomic E-state index is 11.7. The fourth-order valence-electron chi connectivity index (χ4n) is 2.07. The minimum atomic E-state index is -0.130. The zero-order chi connectivity index (χ0) is 14.6. The smallest absolute Gasteiger partial charge is 0.282 e. The number of aryl methyl sites for hydroxylation is 1. The van der Waals surface area contributed by atoms with Crippen LogP contribution in [-0.2, 0) is 7.05 Å². The summed E-state index contributed by atoms with van der Waals surface area (Å²) in [7, 11) is 1.64. The van der Waals surface area contributed by atoms with E-state index >= 15 is 0 Å². The highest BCUT2D eigenvalue weighted by Gasteiger charge is 2.13. The van der Waals surface area contributed by atoms with Gasteiger partial charge in [-0.1, -0.05) is 0 Å². The third-order valence-corrected chi connectivity index (χ3v) is 3.86. The van der Waals surface area contributed by atoms with Gasteiger partial charge in [-0.25, -0.2) is 4.68 Å². The minimum Gasteiger partial charge on any atom is -0.381 e. The third-order valence-electron chi connectivity index (χ3n) is 3.09. The first-order valence-corrected chi connectivity index (χ1v) is 7.35. The van der Waals surface area contributed by atoms with Gasteiger partial charge in [0.2, 0.25) is 0 Å². The average Bonchev–Trinajstić information content (AvgIpc) is 2.33. The molecule has 1 aromatic heterocycles. The Hall–Kier alpha value is -0.880. The van der Waals surface area contributed by atoms with Crippen molar-refractivity contribution in [2.75, 3.05) is 18.4 Å². The standard InChI is InChI=1S/C13H23BrN4O/c1-9(2)18(10(3)4)7-6-15-11-8-16-17(5)13(19)12(11)14/h8-10,15H,6-7H2,1-5H3. The Labute approximate surface area is 123 Å². The van der Waals surface area contributed by atoms with Gasteiger partial charge >= 0.3 is 0 Å². The zero-order valence-electron chi connectivity index (χ0n) is 12.3. The molecule has 0 saturated heterocycles. The predicted octanol–water partition coefficient (Wildman–Crippen LogP) is 2.07. The number of hydrogen-bond donors (Lipinski definition) is 1. The molecule has 19 heavy (non-hydrogen) atoms. The van der Waals surface area contributed by atoms with Crippen LogP contribution in [0.25, 0.3) is 0 Å². The van der Waals surface area contributed by atoms with Crippen LogP contribution >= 0.6 is 15.9 Å². The monoisotopic (exact) mass is 330 g/mol. The summed E-state index contributed by atoms with van der Waals surface area (Å²) in [5.74, 6) is 0. The zero-order valence-corrected chi connectivity index (χ0v) is 13.9. The SMILES string of the molecule is CC(C)N(CCNc1cnn(C)c(=O)c1Br)C(C)C. The lowest BCUT2D eigenvalue weighted by atomic mass is 10.2. The molecule has 0 aliphatic carbocycles. The van der Waals surface area contributed by atoms with E-state index in [4.69, 9.17) is 0 Å². The van der Waals surface area contributed by atoms with Crippen LogP contribution in [-0.4, -0.2) is 39.9 Å². The van der Waals surface area contributed by atoms with Gasteiger partial charge in [0.05, 0.1) is 11.9 Å². The van der Waals surface area contributed by atoms with Crippen molar-refractivity contribution in [2.45, 2.75) is 39.8 Å². The van der Waals surface area contributed by atoms with Crippen molar-refractivity contribution in [1.29, 1.82) is 0 Å². The van der Waals surface area contributed by atoms with Crippen molar-refractivity contribution in [1.82, 2.24) is 14.7 Å². The van der Waals surface area contributed by atoms with Gasteiger partial charge in [0.1, 0.15) is 4.47 Å². The second-order valence-electron chi connectivity index (χ2n) is 5.15. The van der Waals surface area contributed by atoms with Gasteiger partial charge in [-0.3, -0.25) is 9.69 Å². The van der Waals surface area contributed by atoms with Crippen LogP contribution in [0.5, 0.6) is 0 Å². The molecule has 0 amide bonds. The molecule has 0 aliphatic heterocycles. The largest absolute Gasteiger partial charge is 0.381 e. The van der Waals surface area contributed by atoms with E-state index in [1.54, 1.807) is 13.2 Å². The van der Waals surface area contributed by atoms with Crippen LogP contribution < -0.4 is 10.9 Å². The molecule has 0 unspecified atom stereocenters. The number of hydrogen-bond acceptors (Lipinski definition) is 4. The summed E-state index contributed by atoms with van der Waals surface area (Å²) in [5, 5.41) is 7.26. The van der Waals surface area contributed by atoms with Gasteiger partial charge in [0.15, 0.2) is 0 Å². The number of aromatic nitrogens is 2. The molecule has 0 fully saturated rings. The molecule has 1 N–H and O–H groups in total. The summed E-state index contributed by atoms with van der Waals surface area (Å²) in [4.78, 5) is 14.1. The van der Waals surface area contributed by atoms with E-state index in [9.17, 15) is 4.79 Å².